The van der Waals surface area contributed by atoms with Crippen molar-refractivity contribution >= 4 is 23.1 Å². The molecule has 0 unspecified atom stereocenters. The third-order valence-corrected chi connectivity index (χ3v) is 3.03. The van der Waals surface area contributed by atoms with Gasteiger partial charge in [0.1, 0.15) is 5.82 Å². The van der Waals surface area contributed by atoms with Crippen LogP contribution in [0.25, 0.3) is 0 Å². The molecular formula is C10H12N4OS. The molecule has 0 fully saturated rings. The first-order valence-electron chi connectivity index (χ1n) is 4.76. The van der Waals surface area contributed by atoms with Crippen LogP contribution in [0, 0.1) is 0 Å². The number of carbonyl (C=O) groups excluding carboxylic acids is 1. The summed E-state index contributed by atoms with van der Waals surface area (Å²) < 4.78 is 1.73. The zero-order valence-corrected chi connectivity index (χ0v) is 9.62. The van der Waals surface area contributed by atoms with E-state index in [-0.39, 0.29) is 5.91 Å². The van der Waals surface area contributed by atoms with E-state index in [2.05, 4.69) is 10.4 Å². The summed E-state index contributed by atoms with van der Waals surface area (Å²) in [5, 5.41) is 9.11. The SMILES string of the molecule is Cn1ccc(NCc2cc(C(N)=O)cs2)n1. The number of aromatic nitrogens is 2. The van der Waals surface area contributed by atoms with E-state index in [4.69, 9.17) is 5.73 Å². The van der Waals surface area contributed by atoms with Crippen molar-refractivity contribution < 1.29 is 4.79 Å². The molecule has 0 atom stereocenters. The summed E-state index contributed by atoms with van der Waals surface area (Å²) in [5.41, 5.74) is 5.73. The Labute approximate surface area is 96.9 Å². The molecule has 0 aromatic carbocycles. The third kappa shape index (κ3) is 2.40. The van der Waals surface area contributed by atoms with Crippen LogP contribution in [-0.2, 0) is 13.6 Å². The highest BCUT2D eigenvalue weighted by atomic mass is 32.1. The van der Waals surface area contributed by atoms with Crippen molar-refractivity contribution in [3.63, 3.8) is 0 Å². The molecule has 2 heterocycles. The van der Waals surface area contributed by atoms with E-state index in [1.54, 1.807) is 16.1 Å². The van der Waals surface area contributed by atoms with Gasteiger partial charge in [0.05, 0.1) is 12.1 Å². The van der Waals surface area contributed by atoms with E-state index in [0.29, 0.717) is 12.1 Å². The highest BCUT2D eigenvalue weighted by Crippen LogP contribution is 2.15. The molecule has 0 radical (unpaired) electrons. The predicted molar refractivity (Wildman–Crippen MR) is 63.4 cm³/mol. The van der Waals surface area contributed by atoms with E-state index in [9.17, 15) is 4.79 Å². The van der Waals surface area contributed by atoms with Crippen LogP contribution in [0.3, 0.4) is 0 Å². The van der Waals surface area contributed by atoms with Gasteiger partial charge in [-0.05, 0) is 6.07 Å². The van der Waals surface area contributed by atoms with Crippen LogP contribution in [0.4, 0.5) is 5.82 Å². The number of nitrogens with one attached hydrogen (secondary N) is 1. The van der Waals surface area contributed by atoms with Crippen molar-refractivity contribution in [2.24, 2.45) is 12.8 Å². The van der Waals surface area contributed by atoms with Crippen molar-refractivity contribution in [2.75, 3.05) is 5.32 Å². The Kier molecular flexibility index (Phi) is 2.91. The maximum absolute atomic E-state index is 10.9. The molecule has 0 aliphatic heterocycles. The van der Waals surface area contributed by atoms with E-state index in [1.165, 1.54) is 11.3 Å². The lowest BCUT2D eigenvalue weighted by Gasteiger charge is -1.99. The van der Waals surface area contributed by atoms with Crippen LogP contribution in [0.2, 0.25) is 0 Å². The lowest BCUT2D eigenvalue weighted by Crippen LogP contribution is -2.09. The lowest BCUT2D eigenvalue weighted by molar-refractivity contribution is 0.100. The number of carbonyl (C=O) groups is 1. The average molecular weight is 236 g/mol. The Hall–Kier alpha value is -1.82. The first-order valence-corrected chi connectivity index (χ1v) is 5.64. The van der Waals surface area contributed by atoms with Gasteiger partial charge in [-0.15, -0.1) is 11.3 Å². The molecule has 0 saturated heterocycles. The Morgan fingerprint density at radius 1 is 1.69 bits per heavy atom. The van der Waals surface area contributed by atoms with E-state index >= 15 is 0 Å². The van der Waals surface area contributed by atoms with Crippen molar-refractivity contribution in [3.05, 3.63) is 34.2 Å². The number of primary amides is 1. The Morgan fingerprint density at radius 3 is 3.06 bits per heavy atom. The number of hydrogen-bond donors (Lipinski definition) is 2. The largest absolute Gasteiger partial charge is 0.366 e. The fourth-order valence-electron chi connectivity index (χ4n) is 1.29. The minimum atomic E-state index is -0.389. The predicted octanol–water partition coefficient (Wildman–Crippen LogP) is 1.19. The fourth-order valence-corrected chi connectivity index (χ4v) is 2.10. The smallest absolute Gasteiger partial charge is 0.249 e. The number of aryl methyl sites for hydroxylation is 1. The van der Waals surface area contributed by atoms with Crippen LogP contribution in [-0.4, -0.2) is 15.7 Å². The lowest BCUT2D eigenvalue weighted by atomic mass is 10.3. The number of nitrogens with two attached hydrogens (primary N) is 1. The van der Waals surface area contributed by atoms with Gasteiger partial charge >= 0.3 is 0 Å². The quantitative estimate of drug-likeness (QED) is 0.837. The van der Waals surface area contributed by atoms with Gasteiger partial charge in [-0.25, -0.2) is 0 Å². The number of hydrogen-bond acceptors (Lipinski definition) is 4. The zero-order valence-electron chi connectivity index (χ0n) is 8.80. The van der Waals surface area contributed by atoms with Crippen LogP contribution < -0.4 is 11.1 Å². The van der Waals surface area contributed by atoms with Crippen LogP contribution in [0.1, 0.15) is 15.2 Å². The van der Waals surface area contributed by atoms with Gasteiger partial charge in [0.2, 0.25) is 5.91 Å². The number of thiophene rings is 1. The Morgan fingerprint density at radius 2 is 2.50 bits per heavy atom. The van der Waals surface area contributed by atoms with Gasteiger partial charge in [0, 0.05) is 29.6 Å². The molecule has 0 spiro atoms. The molecule has 16 heavy (non-hydrogen) atoms. The molecule has 3 N–H and O–H groups in total. The summed E-state index contributed by atoms with van der Waals surface area (Å²) >= 11 is 1.51. The van der Waals surface area contributed by atoms with Gasteiger partial charge in [0.15, 0.2) is 0 Å². The van der Waals surface area contributed by atoms with E-state index in [0.717, 1.165) is 10.7 Å². The molecule has 2 aromatic rings. The van der Waals surface area contributed by atoms with Crippen LogP contribution in [0.5, 0.6) is 0 Å². The summed E-state index contributed by atoms with van der Waals surface area (Å²) in [6, 6.07) is 3.69. The zero-order chi connectivity index (χ0) is 11.5. The summed E-state index contributed by atoms with van der Waals surface area (Å²) in [6.07, 6.45) is 1.87. The fraction of sp³-hybridized carbons (Fsp3) is 0.200. The highest BCUT2D eigenvalue weighted by Gasteiger charge is 2.04. The standard InChI is InChI=1S/C10H12N4OS/c1-14-3-2-9(13-14)12-5-8-4-7(6-16-8)10(11)15/h2-4,6H,5H2,1H3,(H2,11,15)(H,12,13). The second-order valence-corrected chi connectivity index (χ2v) is 4.39. The number of anilines is 1. The van der Waals surface area contributed by atoms with Gasteiger partial charge in [-0.3, -0.25) is 9.48 Å². The van der Waals surface area contributed by atoms with Crippen molar-refractivity contribution in [1.82, 2.24) is 9.78 Å². The first-order chi connectivity index (χ1) is 7.65. The molecule has 84 valence electrons. The number of amides is 1. The van der Waals surface area contributed by atoms with E-state index in [1.807, 2.05) is 19.3 Å². The number of nitrogens with zero attached hydrogens (tertiary/aromatic N) is 2. The first kappa shape index (κ1) is 10.7. The van der Waals surface area contributed by atoms with Gasteiger partial charge in [-0.2, -0.15) is 5.10 Å². The maximum atomic E-state index is 10.9. The topological polar surface area (TPSA) is 72.9 Å². The molecule has 0 aliphatic carbocycles. The minimum Gasteiger partial charge on any atom is -0.366 e. The molecule has 2 aromatic heterocycles. The normalized spacial score (nSPS) is 10.3. The van der Waals surface area contributed by atoms with E-state index < -0.39 is 0 Å². The molecule has 1 amide bonds. The monoisotopic (exact) mass is 236 g/mol. The van der Waals surface area contributed by atoms with Crippen LogP contribution >= 0.6 is 11.3 Å². The number of rotatable bonds is 4. The van der Waals surface area contributed by atoms with Crippen LogP contribution in [0.15, 0.2) is 23.7 Å². The van der Waals surface area contributed by atoms with Gasteiger partial charge in [0.25, 0.3) is 0 Å². The second-order valence-electron chi connectivity index (χ2n) is 3.39. The summed E-state index contributed by atoms with van der Waals surface area (Å²) in [5.74, 6) is 0.428. The Bertz CT molecular complexity index is 502. The third-order valence-electron chi connectivity index (χ3n) is 2.10. The molecule has 0 aliphatic rings. The molecule has 6 heteroatoms. The van der Waals surface area contributed by atoms with Crippen molar-refractivity contribution in [3.8, 4) is 0 Å². The van der Waals surface area contributed by atoms with Gasteiger partial charge < -0.3 is 11.1 Å². The Balaban J connectivity index is 1.97. The van der Waals surface area contributed by atoms with Crippen molar-refractivity contribution in [2.45, 2.75) is 6.54 Å². The molecular weight excluding hydrogens is 224 g/mol. The molecule has 0 bridgehead atoms. The summed E-state index contributed by atoms with van der Waals surface area (Å²) in [7, 11) is 1.86. The summed E-state index contributed by atoms with van der Waals surface area (Å²) in [4.78, 5) is 11.9. The maximum Gasteiger partial charge on any atom is 0.249 e. The molecule has 5 nitrogen and oxygen atoms in total. The molecule has 0 saturated carbocycles. The second kappa shape index (κ2) is 4.36. The average Bonchev–Trinajstić information content (AvgIpc) is 2.83. The summed E-state index contributed by atoms with van der Waals surface area (Å²) in [6.45, 7) is 0.648. The minimum absolute atomic E-state index is 0.389. The molecule has 2 rings (SSSR count). The highest BCUT2D eigenvalue weighted by molar-refractivity contribution is 7.10. The van der Waals surface area contributed by atoms with Crippen molar-refractivity contribution in [1.29, 1.82) is 0 Å². The van der Waals surface area contributed by atoms with Gasteiger partial charge in [-0.1, -0.05) is 0 Å².